The SMILES string of the molecule is COc1cc(N2C(=O)NC(=O)/C(=C\c3ccccc3OCc3ccc([N+](=O)[O-])cc3)C2=O)c(OC)cc1Cl. The number of hydrogen-bond donors (Lipinski definition) is 1. The van der Waals surface area contributed by atoms with Crippen molar-refractivity contribution in [2.24, 2.45) is 0 Å². The number of nitro groups is 1. The maximum atomic E-state index is 13.4. The standard InChI is InChI=1S/C26H20ClN3O8/c1-36-22-13-20(23(37-2)12-19(22)27)29-25(32)18(24(31)28-26(29)33)11-16-5-3-4-6-21(16)38-14-15-7-9-17(10-8-15)30(34)35/h3-13H,14H2,1-2H3,(H,28,31,33)/b18-11+. The van der Waals surface area contributed by atoms with Crippen LogP contribution in [0.15, 0.2) is 66.2 Å². The third kappa shape index (κ3) is 5.27. The summed E-state index contributed by atoms with van der Waals surface area (Å²) in [6.45, 7) is 0.0741. The van der Waals surface area contributed by atoms with E-state index in [1.807, 2.05) is 0 Å². The van der Waals surface area contributed by atoms with Gasteiger partial charge in [-0.25, -0.2) is 9.69 Å². The van der Waals surface area contributed by atoms with Crippen LogP contribution in [0.5, 0.6) is 17.2 Å². The summed E-state index contributed by atoms with van der Waals surface area (Å²) < 4.78 is 16.4. The predicted molar refractivity (Wildman–Crippen MR) is 137 cm³/mol. The van der Waals surface area contributed by atoms with Gasteiger partial charge in [-0.3, -0.25) is 25.0 Å². The molecule has 38 heavy (non-hydrogen) atoms. The molecule has 0 radical (unpaired) electrons. The Morgan fingerprint density at radius 2 is 1.66 bits per heavy atom. The average molecular weight is 538 g/mol. The molecule has 4 rings (SSSR count). The first-order valence-corrected chi connectivity index (χ1v) is 11.4. The van der Waals surface area contributed by atoms with Gasteiger partial charge in [-0.15, -0.1) is 0 Å². The van der Waals surface area contributed by atoms with Crippen molar-refractivity contribution in [3.8, 4) is 17.2 Å². The molecule has 0 bridgehead atoms. The molecule has 3 aromatic carbocycles. The van der Waals surface area contributed by atoms with Crippen LogP contribution in [-0.4, -0.2) is 37.0 Å². The fraction of sp³-hybridized carbons (Fsp3) is 0.115. The molecule has 0 spiro atoms. The molecule has 0 atom stereocenters. The second-order valence-electron chi connectivity index (χ2n) is 7.87. The smallest absolute Gasteiger partial charge is 0.336 e. The van der Waals surface area contributed by atoms with E-state index in [1.54, 1.807) is 36.4 Å². The lowest BCUT2D eigenvalue weighted by atomic mass is 10.1. The molecule has 1 aliphatic rings. The van der Waals surface area contributed by atoms with Gasteiger partial charge in [-0.1, -0.05) is 29.8 Å². The van der Waals surface area contributed by atoms with Gasteiger partial charge in [0.25, 0.3) is 17.5 Å². The Labute approximate surface area is 221 Å². The van der Waals surface area contributed by atoms with Crippen LogP contribution in [-0.2, 0) is 16.2 Å². The zero-order valence-electron chi connectivity index (χ0n) is 20.1. The van der Waals surface area contributed by atoms with E-state index in [2.05, 4.69) is 5.32 Å². The second kappa shape index (κ2) is 11.0. The number of amides is 4. The fourth-order valence-electron chi connectivity index (χ4n) is 3.66. The first-order chi connectivity index (χ1) is 18.2. The van der Waals surface area contributed by atoms with Crippen molar-refractivity contribution >= 4 is 46.9 Å². The third-order valence-electron chi connectivity index (χ3n) is 5.56. The lowest BCUT2D eigenvalue weighted by molar-refractivity contribution is -0.384. The number of rotatable bonds is 8. The number of urea groups is 1. The summed E-state index contributed by atoms with van der Waals surface area (Å²) >= 11 is 6.15. The number of benzene rings is 3. The van der Waals surface area contributed by atoms with E-state index >= 15 is 0 Å². The minimum absolute atomic E-state index is 0.0253. The number of carbonyl (C=O) groups is 3. The number of barbiturate groups is 1. The van der Waals surface area contributed by atoms with Crippen molar-refractivity contribution in [1.82, 2.24) is 5.32 Å². The van der Waals surface area contributed by atoms with Crippen LogP contribution in [0.25, 0.3) is 6.08 Å². The summed E-state index contributed by atoms with van der Waals surface area (Å²) in [5, 5.41) is 13.2. The molecular formula is C26H20ClN3O8. The van der Waals surface area contributed by atoms with Crippen molar-refractivity contribution in [2.45, 2.75) is 6.61 Å². The Bertz CT molecular complexity index is 1470. The molecule has 0 unspecified atom stereocenters. The van der Waals surface area contributed by atoms with Gasteiger partial charge in [-0.2, -0.15) is 0 Å². The largest absolute Gasteiger partial charge is 0.495 e. The molecule has 1 N–H and O–H groups in total. The molecule has 1 heterocycles. The van der Waals surface area contributed by atoms with Crippen LogP contribution in [0.4, 0.5) is 16.2 Å². The Kier molecular flexibility index (Phi) is 7.58. The number of halogens is 1. The summed E-state index contributed by atoms with van der Waals surface area (Å²) in [5.74, 6) is -1.14. The Morgan fingerprint density at radius 1 is 0.974 bits per heavy atom. The number of non-ortho nitro benzene ring substituents is 1. The number of para-hydroxylation sites is 1. The van der Waals surface area contributed by atoms with Crippen molar-refractivity contribution < 1.29 is 33.5 Å². The zero-order chi connectivity index (χ0) is 27.4. The molecule has 1 saturated heterocycles. The Balaban J connectivity index is 1.66. The maximum absolute atomic E-state index is 13.4. The van der Waals surface area contributed by atoms with Gasteiger partial charge in [0.05, 0.1) is 29.9 Å². The molecule has 0 aromatic heterocycles. The lowest BCUT2D eigenvalue weighted by Crippen LogP contribution is -2.54. The molecule has 3 aromatic rings. The summed E-state index contributed by atoms with van der Waals surface area (Å²) in [6, 6.07) is 14.3. The highest BCUT2D eigenvalue weighted by molar-refractivity contribution is 6.39. The quantitative estimate of drug-likeness (QED) is 0.192. The maximum Gasteiger partial charge on any atom is 0.336 e. The van der Waals surface area contributed by atoms with E-state index in [0.717, 1.165) is 4.90 Å². The van der Waals surface area contributed by atoms with Crippen LogP contribution >= 0.6 is 11.6 Å². The van der Waals surface area contributed by atoms with Gasteiger partial charge in [0, 0.05) is 29.8 Å². The molecule has 1 aliphatic heterocycles. The molecule has 194 valence electrons. The van der Waals surface area contributed by atoms with E-state index < -0.39 is 22.8 Å². The molecule has 11 nitrogen and oxygen atoms in total. The van der Waals surface area contributed by atoms with E-state index in [0.29, 0.717) is 16.9 Å². The molecule has 0 saturated carbocycles. The Morgan fingerprint density at radius 3 is 2.32 bits per heavy atom. The highest BCUT2D eigenvalue weighted by atomic mass is 35.5. The molecule has 1 fully saturated rings. The lowest BCUT2D eigenvalue weighted by Gasteiger charge is -2.28. The number of nitrogens with one attached hydrogen (secondary N) is 1. The summed E-state index contributed by atoms with van der Waals surface area (Å²) in [5.41, 5.74) is 0.715. The topological polar surface area (TPSA) is 137 Å². The molecule has 12 heteroatoms. The normalized spacial score (nSPS) is 14.3. The predicted octanol–water partition coefficient (Wildman–Crippen LogP) is 4.51. The van der Waals surface area contributed by atoms with Crippen molar-refractivity contribution in [2.75, 3.05) is 19.1 Å². The number of ether oxygens (including phenoxy) is 3. The number of nitrogens with zero attached hydrogens (tertiary/aromatic N) is 2. The van der Waals surface area contributed by atoms with Crippen molar-refractivity contribution in [1.29, 1.82) is 0 Å². The van der Waals surface area contributed by atoms with Gasteiger partial charge in [0.1, 0.15) is 29.4 Å². The van der Waals surface area contributed by atoms with Gasteiger partial charge in [0.2, 0.25) is 0 Å². The minimum atomic E-state index is -0.970. The number of hydrogen-bond acceptors (Lipinski definition) is 8. The second-order valence-corrected chi connectivity index (χ2v) is 8.27. The summed E-state index contributed by atoms with van der Waals surface area (Å²) in [4.78, 5) is 49.9. The van der Waals surface area contributed by atoms with Crippen LogP contribution in [0, 0.1) is 10.1 Å². The zero-order valence-corrected chi connectivity index (χ0v) is 20.9. The number of methoxy groups -OCH3 is 2. The first-order valence-electron chi connectivity index (χ1n) is 11.0. The molecule has 0 aliphatic carbocycles. The van der Waals surface area contributed by atoms with E-state index in [9.17, 15) is 24.5 Å². The van der Waals surface area contributed by atoms with Crippen LogP contribution in [0.1, 0.15) is 11.1 Å². The van der Waals surface area contributed by atoms with Gasteiger partial charge in [-0.05, 0) is 29.8 Å². The number of imide groups is 2. The van der Waals surface area contributed by atoms with Gasteiger partial charge in [0.15, 0.2) is 0 Å². The average Bonchev–Trinajstić information content (AvgIpc) is 2.91. The molecule has 4 amide bonds. The number of carbonyl (C=O) groups excluding carboxylic acids is 3. The summed E-state index contributed by atoms with van der Waals surface area (Å²) in [6.07, 6.45) is 1.31. The Hall–Kier alpha value is -4.90. The van der Waals surface area contributed by atoms with Crippen molar-refractivity contribution in [3.05, 3.63) is 92.5 Å². The van der Waals surface area contributed by atoms with Gasteiger partial charge >= 0.3 is 6.03 Å². The third-order valence-corrected chi connectivity index (χ3v) is 5.85. The monoisotopic (exact) mass is 537 g/mol. The molecular weight excluding hydrogens is 518 g/mol. The van der Waals surface area contributed by atoms with Crippen LogP contribution in [0.2, 0.25) is 5.02 Å². The van der Waals surface area contributed by atoms with Crippen LogP contribution < -0.4 is 24.4 Å². The van der Waals surface area contributed by atoms with Gasteiger partial charge < -0.3 is 14.2 Å². The number of nitro benzene ring substituents is 1. The first kappa shape index (κ1) is 26.2. The highest BCUT2D eigenvalue weighted by Crippen LogP contribution is 2.39. The highest BCUT2D eigenvalue weighted by Gasteiger charge is 2.38. The minimum Gasteiger partial charge on any atom is -0.495 e. The fourth-order valence-corrected chi connectivity index (χ4v) is 3.89. The van der Waals surface area contributed by atoms with E-state index in [1.165, 1.54) is 44.6 Å². The summed E-state index contributed by atoms with van der Waals surface area (Å²) in [7, 11) is 2.71. The van der Waals surface area contributed by atoms with Crippen molar-refractivity contribution in [3.63, 3.8) is 0 Å². The van der Waals surface area contributed by atoms with Crippen LogP contribution in [0.3, 0.4) is 0 Å². The number of anilines is 1. The van der Waals surface area contributed by atoms with E-state index in [-0.39, 0.29) is 40.1 Å². The van der Waals surface area contributed by atoms with E-state index in [4.69, 9.17) is 25.8 Å².